The van der Waals surface area contributed by atoms with Crippen molar-refractivity contribution in [1.82, 2.24) is 0 Å². The highest BCUT2D eigenvalue weighted by Crippen LogP contribution is 2.64. The van der Waals surface area contributed by atoms with E-state index in [1.807, 2.05) is 0 Å². The molecule has 3 aliphatic rings. The summed E-state index contributed by atoms with van der Waals surface area (Å²) < 4.78 is 5.23. The molecule has 0 N–H and O–H groups in total. The average molecular weight is 321 g/mol. The normalized spacial score (nSPS) is 46.9. The lowest BCUT2D eigenvalue weighted by Gasteiger charge is -2.61. The van der Waals surface area contributed by atoms with Gasteiger partial charge in [-0.05, 0) is 86.9 Å². The molecule has 0 aromatic rings. The Labute approximate surface area is 142 Å². The molecule has 3 saturated carbocycles. The number of hydrogen-bond acceptors (Lipinski definition) is 2. The first-order valence-corrected chi connectivity index (χ1v) is 9.91. The van der Waals surface area contributed by atoms with Gasteiger partial charge < -0.3 is 4.74 Å². The molecule has 6 atom stereocenters. The second kappa shape index (κ2) is 6.08. The minimum absolute atomic E-state index is 0.0442. The van der Waals surface area contributed by atoms with Gasteiger partial charge in [0.25, 0.3) is 0 Å². The van der Waals surface area contributed by atoms with Gasteiger partial charge in [-0.2, -0.15) is 0 Å². The first-order chi connectivity index (χ1) is 10.8. The largest absolute Gasteiger partial charge is 0.469 e. The number of carbonyl (C=O) groups is 1. The second-order valence-electron chi connectivity index (χ2n) is 9.58. The molecule has 0 bridgehead atoms. The Morgan fingerprint density at radius 3 is 2.48 bits per heavy atom. The summed E-state index contributed by atoms with van der Waals surface area (Å²) in [4.78, 5) is 12.6. The zero-order valence-corrected chi connectivity index (χ0v) is 15.9. The van der Waals surface area contributed by atoms with Crippen molar-refractivity contribution >= 4 is 5.97 Å². The molecule has 0 aromatic carbocycles. The molecule has 3 fully saturated rings. The molecule has 132 valence electrons. The Hall–Kier alpha value is -0.530. The monoisotopic (exact) mass is 320 g/mol. The van der Waals surface area contributed by atoms with Crippen LogP contribution in [0.1, 0.15) is 79.1 Å². The maximum atomic E-state index is 12.6. The van der Waals surface area contributed by atoms with E-state index in [2.05, 4.69) is 27.7 Å². The molecule has 0 unspecified atom stereocenters. The molecular formula is C21H36O2. The summed E-state index contributed by atoms with van der Waals surface area (Å²) in [7, 11) is 1.57. The van der Waals surface area contributed by atoms with E-state index >= 15 is 0 Å². The van der Waals surface area contributed by atoms with Crippen LogP contribution in [0.25, 0.3) is 0 Å². The Kier molecular flexibility index (Phi) is 4.57. The van der Waals surface area contributed by atoms with Crippen molar-refractivity contribution in [3.8, 4) is 0 Å². The van der Waals surface area contributed by atoms with Crippen LogP contribution < -0.4 is 0 Å². The zero-order valence-electron chi connectivity index (χ0n) is 15.9. The predicted octanol–water partition coefficient (Wildman–Crippen LogP) is 5.45. The van der Waals surface area contributed by atoms with Gasteiger partial charge in [-0.3, -0.25) is 4.79 Å². The first kappa shape index (κ1) is 17.3. The average Bonchev–Trinajstić information content (AvgIpc) is 2.53. The van der Waals surface area contributed by atoms with Gasteiger partial charge in [0, 0.05) is 0 Å². The summed E-state index contributed by atoms with van der Waals surface area (Å²) in [6.07, 6.45) is 10.3. The molecule has 3 aliphatic carbocycles. The van der Waals surface area contributed by atoms with E-state index < -0.39 is 0 Å². The summed E-state index contributed by atoms with van der Waals surface area (Å²) in [6.45, 7) is 9.51. The number of esters is 1. The van der Waals surface area contributed by atoms with Crippen molar-refractivity contribution in [3.05, 3.63) is 0 Å². The zero-order chi connectivity index (χ0) is 16.8. The van der Waals surface area contributed by atoms with Gasteiger partial charge in [-0.25, -0.2) is 0 Å². The Bertz CT molecular complexity index is 457. The van der Waals surface area contributed by atoms with Gasteiger partial charge in [0.15, 0.2) is 0 Å². The Morgan fingerprint density at radius 1 is 1.09 bits per heavy atom. The minimum atomic E-state index is -0.248. The van der Waals surface area contributed by atoms with E-state index in [4.69, 9.17) is 4.74 Å². The summed E-state index contributed by atoms with van der Waals surface area (Å²) in [6, 6.07) is 0. The van der Waals surface area contributed by atoms with E-state index in [-0.39, 0.29) is 11.4 Å². The Balaban J connectivity index is 1.85. The highest BCUT2D eigenvalue weighted by atomic mass is 16.5. The fraction of sp³-hybridized carbons (Fsp3) is 0.952. The summed E-state index contributed by atoms with van der Waals surface area (Å²) in [5.41, 5.74) is 0.105. The van der Waals surface area contributed by atoms with Crippen LogP contribution in [-0.4, -0.2) is 13.1 Å². The number of fused-ring (bicyclic) bond motifs is 3. The van der Waals surface area contributed by atoms with E-state index in [1.54, 1.807) is 7.11 Å². The third-order valence-electron chi connectivity index (χ3n) is 8.27. The van der Waals surface area contributed by atoms with Crippen molar-refractivity contribution in [2.24, 2.45) is 40.4 Å². The number of hydrogen-bond donors (Lipinski definition) is 0. The summed E-state index contributed by atoms with van der Waals surface area (Å²) in [5.74, 6) is 4.05. The van der Waals surface area contributed by atoms with Crippen LogP contribution in [-0.2, 0) is 9.53 Å². The molecule has 0 aliphatic heterocycles. The second-order valence-corrected chi connectivity index (χ2v) is 9.58. The molecule has 0 aromatic heterocycles. The lowest BCUT2D eigenvalue weighted by atomic mass is 9.43. The maximum absolute atomic E-state index is 12.6. The standard InChI is InChI=1S/C21H36O2/c1-14(2)15-7-9-17-16(13-15)8-10-18-20(17,3)11-6-12-21(18,4)19(22)23-5/h14-18H,6-13H2,1-5H3/t15-,16-,17+,18-,20-,21-/m1/s1. The van der Waals surface area contributed by atoms with Crippen LogP contribution in [0.4, 0.5) is 0 Å². The first-order valence-electron chi connectivity index (χ1n) is 9.91. The molecule has 0 radical (unpaired) electrons. The molecular weight excluding hydrogens is 284 g/mol. The smallest absolute Gasteiger partial charge is 0.311 e. The van der Waals surface area contributed by atoms with E-state index in [1.165, 1.54) is 44.9 Å². The van der Waals surface area contributed by atoms with Gasteiger partial charge in [-0.15, -0.1) is 0 Å². The highest BCUT2D eigenvalue weighted by Gasteiger charge is 2.59. The number of rotatable bonds is 2. The number of carbonyl (C=O) groups excluding carboxylic acids is 1. The number of ether oxygens (including phenoxy) is 1. The van der Waals surface area contributed by atoms with Crippen LogP contribution >= 0.6 is 0 Å². The highest BCUT2D eigenvalue weighted by molar-refractivity contribution is 5.77. The third-order valence-corrected chi connectivity index (χ3v) is 8.27. The lowest BCUT2D eigenvalue weighted by Crippen LogP contribution is -2.56. The molecule has 0 spiro atoms. The van der Waals surface area contributed by atoms with E-state index in [9.17, 15) is 4.79 Å². The Morgan fingerprint density at radius 2 is 1.83 bits per heavy atom. The van der Waals surface area contributed by atoms with Crippen molar-refractivity contribution in [2.75, 3.05) is 7.11 Å². The molecule has 0 saturated heterocycles. The topological polar surface area (TPSA) is 26.3 Å². The summed E-state index contributed by atoms with van der Waals surface area (Å²) in [5, 5.41) is 0. The molecule has 0 amide bonds. The quantitative estimate of drug-likeness (QED) is 0.632. The molecule has 23 heavy (non-hydrogen) atoms. The van der Waals surface area contributed by atoms with E-state index in [0.29, 0.717) is 11.3 Å². The molecule has 2 nitrogen and oxygen atoms in total. The summed E-state index contributed by atoms with van der Waals surface area (Å²) >= 11 is 0. The fourth-order valence-electron chi connectivity index (χ4n) is 6.96. The SMILES string of the molecule is COC(=O)[C@]1(C)CCC[C@@]2(C)[C@H]1CC[C@@H]1C[C@H](C(C)C)CC[C@@H]12. The van der Waals surface area contributed by atoms with Gasteiger partial charge in [-0.1, -0.05) is 27.2 Å². The fourth-order valence-corrected chi connectivity index (χ4v) is 6.96. The molecule has 3 rings (SSSR count). The minimum Gasteiger partial charge on any atom is -0.469 e. The molecule has 2 heteroatoms. The van der Waals surface area contributed by atoms with Crippen molar-refractivity contribution in [2.45, 2.75) is 79.1 Å². The van der Waals surface area contributed by atoms with Crippen LogP contribution in [0.3, 0.4) is 0 Å². The van der Waals surface area contributed by atoms with Crippen molar-refractivity contribution < 1.29 is 9.53 Å². The van der Waals surface area contributed by atoms with Gasteiger partial charge >= 0.3 is 5.97 Å². The van der Waals surface area contributed by atoms with Crippen molar-refractivity contribution in [3.63, 3.8) is 0 Å². The van der Waals surface area contributed by atoms with Crippen LogP contribution in [0.15, 0.2) is 0 Å². The predicted molar refractivity (Wildman–Crippen MR) is 94.0 cm³/mol. The molecule has 0 heterocycles. The maximum Gasteiger partial charge on any atom is 0.311 e. The van der Waals surface area contributed by atoms with Gasteiger partial charge in [0.1, 0.15) is 0 Å². The van der Waals surface area contributed by atoms with Crippen LogP contribution in [0, 0.1) is 40.4 Å². The number of methoxy groups -OCH3 is 1. The van der Waals surface area contributed by atoms with Gasteiger partial charge in [0.05, 0.1) is 12.5 Å². The van der Waals surface area contributed by atoms with Crippen molar-refractivity contribution in [1.29, 1.82) is 0 Å². The van der Waals surface area contributed by atoms with Crippen LogP contribution in [0.5, 0.6) is 0 Å². The lowest BCUT2D eigenvalue weighted by molar-refractivity contribution is -0.176. The van der Waals surface area contributed by atoms with E-state index in [0.717, 1.165) is 30.1 Å². The van der Waals surface area contributed by atoms with Crippen LogP contribution in [0.2, 0.25) is 0 Å². The van der Waals surface area contributed by atoms with Gasteiger partial charge in [0.2, 0.25) is 0 Å². The third kappa shape index (κ3) is 2.65.